The summed E-state index contributed by atoms with van der Waals surface area (Å²) >= 11 is 7.02. The van der Waals surface area contributed by atoms with Gasteiger partial charge >= 0.3 is 0 Å². The van der Waals surface area contributed by atoms with Crippen LogP contribution >= 0.6 is 23.4 Å². The van der Waals surface area contributed by atoms with E-state index in [2.05, 4.69) is 15.3 Å². The Balaban J connectivity index is 1.61. The van der Waals surface area contributed by atoms with Crippen LogP contribution < -0.4 is 5.32 Å². The smallest absolute Gasteiger partial charge is 0.270 e. The standard InChI is InChI=1S/C22H18ClFN4O3S/c23-17-6-3-7-18(24)20(17)32-19-9-8-15(28(30)31)10-16(19)21(29)27-22-25-11-14(12-26-22)13-4-1-2-5-13/h3,6-13H,1-2,4-5H2,(H,25,26,27,29). The van der Waals surface area contributed by atoms with Crippen LogP contribution in [0.5, 0.6) is 0 Å². The minimum absolute atomic E-state index is 0.00742. The topological polar surface area (TPSA) is 98.0 Å². The molecule has 0 radical (unpaired) electrons. The molecule has 0 spiro atoms. The second-order valence-corrected chi connectivity index (χ2v) is 8.83. The molecular weight excluding hydrogens is 455 g/mol. The number of halogens is 2. The Morgan fingerprint density at radius 2 is 1.91 bits per heavy atom. The Morgan fingerprint density at radius 1 is 1.19 bits per heavy atom. The quantitative estimate of drug-likeness (QED) is 0.337. The summed E-state index contributed by atoms with van der Waals surface area (Å²) in [5.74, 6) is -0.677. The number of nitrogens with one attached hydrogen (secondary N) is 1. The molecule has 1 aliphatic rings. The van der Waals surface area contributed by atoms with E-state index >= 15 is 0 Å². The first-order valence-electron chi connectivity index (χ1n) is 9.96. The van der Waals surface area contributed by atoms with E-state index in [4.69, 9.17) is 11.6 Å². The normalized spacial score (nSPS) is 13.8. The van der Waals surface area contributed by atoms with E-state index in [0.29, 0.717) is 10.8 Å². The average Bonchev–Trinajstić information content (AvgIpc) is 3.32. The van der Waals surface area contributed by atoms with Crippen LogP contribution in [-0.4, -0.2) is 20.8 Å². The van der Waals surface area contributed by atoms with Crippen molar-refractivity contribution in [2.24, 2.45) is 0 Å². The molecule has 1 aromatic heterocycles. The Morgan fingerprint density at radius 3 is 2.56 bits per heavy atom. The number of nitro benzene ring substituents is 1. The number of benzene rings is 2. The van der Waals surface area contributed by atoms with E-state index in [-0.39, 0.29) is 27.1 Å². The number of hydrogen-bond donors (Lipinski definition) is 1. The van der Waals surface area contributed by atoms with Gasteiger partial charge in [0, 0.05) is 29.4 Å². The summed E-state index contributed by atoms with van der Waals surface area (Å²) in [7, 11) is 0. The number of hydrogen-bond acceptors (Lipinski definition) is 6. The number of carbonyl (C=O) groups excluding carboxylic acids is 1. The van der Waals surface area contributed by atoms with Crippen LogP contribution in [-0.2, 0) is 0 Å². The molecule has 32 heavy (non-hydrogen) atoms. The zero-order valence-corrected chi connectivity index (χ0v) is 18.3. The van der Waals surface area contributed by atoms with Crippen molar-refractivity contribution in [3.05, 3.63) is 80.9 Å². The number of non-ortho nitro benzene ring substituents is 1. The van der Waals surface area contributed by atoms with Gasteiger partial charge in [-0.25, -0.2) is 14.4 Å². The second-order valence-electron chi connectivity index (χ2n) is 7.37. The number of nitro groups is 1. The zero-order chi connectivity index (χ0) is 22.7. The molecule has 1 saturated carbocycles. The predicted molar refractivity (Wildman–Crippen MR) is 120 cm³/mol. The van der Waals surface area contributed by atoms with Crippen LogP contribution in [0, 0.1) is 15.9 Å². The maximum absolute atomic E-state index is 14.3. The largest absolute Gasteiger partial charge is 0.290 e. The molecular formula is C22H18ClFN4O3S. The van der Waals surface area contributed by atoms with Crippen molar-refractivity contribution >= 4 is 40.9 Å². The van der Waals surface area contributed by atoms with Crippen LogP contribution in [0.1, 0.15) is 47.5 Å². The van der Waals surface area contributed by atoms with E-state index in [9.17, 15) is 19.3 Å². The Hall–Kier alpha value is -3.04. The molecule has 0 atom stereocenters. The molecule has 4 rings (SSSR count). The molecule has 0 saturated heterocycles. The van der Waals surface area contributed by atoms with Crippen molar-refractivity contribution < 1.29 is 14.1 Å². The molecule has 1 N–H and O–H groups in total. The summed E-state index contributed by atoms with van der Waals surface area (Å²) in [6.45, 7) is 0. The van der Waals surface area contributed by atoms with Gasteiger partial charge in [-0.1, -0.05) is 42.3 Å². The van der Waals surface area contributed by atoms with Crippen LogP contribution in [0.4, 0.5) is 16.0 Å². The van der Waals surface area contributed by atoms with E-state index in [1.165, 1.54) is 43.2 Å². The summed E-state index contributed by atoms with van der Waals surface area (Å²) in [5, 5.41) is 14.0. The molecule has 2 aromatic carbocycles. The van der Waals surface area contributed by atoms with Gasteiger partial charge in [0.1, 0.15) is 5.82 Å². The third-order valence-corrected chi connectivity index (χ3v) is 6.90. The van der Waals surface area contributed by atoms with Crippen LogP contribution in [0.3, 0.4) is 0 Å². The lowest BCUT2D eigenvalue weighted by Gasteiger charge is -2.12. The Labute approximate surface area is 192 Å². The van der Waals surface area contributed by atoms with Gasteiger partial charge in [0.05, 0.1) is 20.4 Å². The summed E-state index contributed by atoms with van der Waals surface area (Å²) in [5.41, 5.74) is 0.755. The SMILES string of the molecule is O=C(Nc1ncc(C2CCCC2)cn1)c1cc([N+](=O)[O-])ccc1Sc1c(F)cccc1Cl. The van der Waals surface area contributed by atoms with Crippen LogP contribution in [0.15, 0.2) is 58.6 Å². The van der Waals surface area contributed by atoms with E-state index < -0.39 is 16.6 Å². The fraction of sp³-hybridized carbons (Fsp3) is 0.227. The van der Waals surface area contributed by atoms with E-state index in [1.54, 1.807) is 12.4 Å². The third-order valence-electron chi connectivity index (χ3n) is 5.27. The number of aromatic nitrogens is 2. The number of carbonyl (C=O) groups is 1. The van der Waals surface area contributed by atoms with Gasteiger partial charge in [-0.3, -0.25) is 20.2 Å². The third kappa shape index (κ3) is 4.89. The van der Waals surface area contributed by atoms with Gasteiger partial charge in [0.25, 0.3) is 11.6 Å². The monoisotopic (exact) mass is 472 g/mol. The van der Waals surface area contributed by atoms with Gasteiger partial charge in [0.2, 0.25) is 5.95 Å². The van der Waals surface area contributed by atoms with Crippen LogP contribution in [0.25, 0.3) is 0 Å². The van der Waals surface area contributed by atoms with Gasteiger partial charge in [-0.05, 0) is 42.5 Å². The molecule has 0 aliphatic heterocycles. The van der Waals surface area contributed by atoms with Gasteiger partial charge < -0.3 is 0 Å². The molecule has 10 heteroatoms. The minimum atomic E-state index is -0.641. The lowest BCUT2D eigenvalue weighted by molar-refractivity contribution is -0.384. The highest BCUT2D eigenvalue weighted by Gasteiger charge is 2.21. The highest BCUT2D eigenvalue weighted by Crippen LogP contribution is 2.38. The number of nitrogens with zero attached hydrogens (tertiary/aromatic N) is 3. The fourth-order valence-corrected chi connectivity index (χ4v) is 4.86. The first kappa shape index (κ1) is 22.2. The van der Waals surface area contributed by atoms with E-state index in [1.807, 2.05) is 0 Å². The maximum atomic E-state index is 14.3. The highest BCUT2D eigenvalue weighted by atomic mass is 35.5. The molecule has 1 heterocycles. The second kappa shape index (κ2) is 9.62. The van der Waals surface area contributed by atoms with Crippen molar-refractivity contribution in [2.75, 3.05) is 5.32 Å². The van der Waals surface area contributed by atoms with Crippen molar-refractivity contribution in [2.45, 2.75) is 41.4 Å². The zero-order valence-electron chi connectivity index (χ0n) is 16.8. The lowest BCUT2D eigenvalue weighted by atomic mass is 10.0. The lowest BCUT2D eigenvalue weighted by Crippen LogP contribution is -2.15. The predicted octanol–water partition coefficient (Wildman–Crippen LogP) is 6.24. The molecule has 1 amide bonds. The first-order chi connectivity index (χ1) is 15.4. The molecule has 3 aromatic rings. The minimum Gasteiger partial charge on any atom is -0.290 e. The molecule has 0 unspecified atom stereocenters. The summed E-state index contributed by atoms with van der Waals surface area (Å²) in [6, 6.07) is 8.03. The van der Waals surface area contributed by atoms with Gasteiger partial charge in [-0.15, -0.1) is 0 Å². The van der Waals surface area contributed by atoms with Gasteiger partial charge in [0.15, 0.2) is 0 Å². The number of amides is 1. The molecule has 0 bridgehead atoms. The Bertz CT molecular complexity index is 1150. The fourth-order valence-electron chi connectivity index (χ4n) is 3.63. The highest BCUT2D eigenvalue weighted by molar-refractivity contribution is 7.99. The average molecular weight is 473 g/mol. The number of anilines is 1. The van der Waals surface area contributed by atoms with Crippen molar-refractivity contribution in [3.8, 4) is 0 Å². The molecule has 1 aliphatic carbocycles. The van der Waals surface area contributed by atoms with Crippen molar-refractivity contribution in [1.29, 1.82) is 0 Å². The maximum Gasteiger partial charge on any atom is 0.270 e. The summed E-state index contributed by atoms with van der Waals surface area (Å²) in [6.07, 6.45) is 7.95. The number of rotatable bonds is 6. The summed E-state index contributed by atoms with van der Waals surface area (Å²) < 4.78 is 14.3. The Kier molecular flexibility index (Phi) is 6.66. The van der Waals surface area contributed by atoms with Crippen molar-refractivity contribution in [1.82, 2.24) is 9.97 Å². The first-order valence-corrected chi connectivity index (χ1v) is 11.2. The van der Waals surface area contributed by atoms with E-state index in [0.717, 1.165) is 36.2 Å². The molecule has 7 nitrogen and oxygen atoms in total. The molecule has 1 fully saturated rings. The van der Waals surface area contributed by atoms with Crippen molar-refractivity contribution in [3.63, 3.8) is 0 Å². The van der Waals surface area contributed by atoms with Crippen LogP contribution in [0.2, 0.25) is 5.02 Å². The van der Waals surface area contributed by atoms with Gasteiger partial charge in [-0.2, -0.15) is 0 Å². The summed E-state index contributed by atoms with van der Waals surface area (Å²) in [4.78, 5) is 32.5. The molecule has 164 valence electrons.